The zero-order chi connectivity index (χ0) is 24.0. The fourth-order valence-corrected chi connectivity index (χ4v) is 5.34. The van der Waals surface area contributed by atoms with Crippen LogP contribution in [0.4, 0.5) is 16.2 Å². The van der Waals surface area contributed by atoms with Crippen LogP contribution in [-0.4, -0.2) is 55.4 Å². The minimum atomic E-state index is -1.66. The van der Waals surface area contributed by atoms with Crippen molar-refractivity contribution in [1.82, 2.24) is 4.48 Å². The van der Waals surface area contributed by atoms with Crippen LogP contribution in [-0.2, 0) is 19.9 Å². The number of ether oxygens (including phenoxy) is 1. The van der Waals surface area contributed by atoms with Crippen molar-refractivity contribution < 1.29 is 24.2 Å². The number of nitrogens with two attached hydrogens (primary N) is 2. The van der Waals surface area contributed by atoms with Gasteiger partial charge in [-0.15, -0.1) is 0 Å². The fourth-order valence-electron chi connectivity index (χ4n) is 5.22. The molecule has 2 saturated heterocycles. The van der Waals surface area contributed by atoms with Gasteiger partial charge in [-0.05, 0) is 36.8 Å². The first kappa shape index (κ1) is 23.2. The van der Waals surface area contributed by atoms with Crippen molar-refractivity contribution in [2.24, 2.45) is 11.5 Å². The van der Waals surface area contributed by atoms with E-state index in [9.17, 15) is 19.5 Å². The number of carbonyl (C=O) groups is 3. The Morgan fingerprint density at radius 2 is 1.91 bits per heavy atom. The molecule has 2 aromatic carbocycles. The maximum atomic E-state index is 13.2. The van der Waals surface area contributed by atoms with Crippen molar-refractivity contribution in [2.75, 3.05) is 31.2 Å². The average Bonchev–Trinajstić information content (AvgIpc) is 3.10. The first-order valence-electron chi connectivity index (χ1n) is 10.5. The van der Waals surface area contributed by atoms with E-state index in [0.29, 0.717) is 40.7 Å². The molecule has 10 heteroatoms. The van der Waals surface area contributed by atoms with E-state index in [1.807, 2.05) is 6.92 Å². The number of halogens is 1. The quantitative estimate of drug-likeness (QED) is 0.579. The largest absolute Gasteiger partial charge is 0.420 e. The van der Waals surface area contributed by atoms with Crippen LogP contribution >= 0.6 is 11.6 Å². The summed E-state index contributed by atoms with van der Waals surface area (Å²) in [6, 6.07) is 10.7. The van der Waals surface area contributed by atoms with Crippen molar-refractivity contribution in [3.63, 3.8) is 0 Å². The van der Waals surface area contributed by atoms with Gasteiger partial charge in [0.25, 0.3) is 11.8 Å². The molecular formula is C23H26ClN4O5+. The van der Waals surface area contributed by atoms with Gasteiger partial charge in [0.2, 0.25) is 5.54 Å². The summed E-state index contributed by atoms with van der Waals surface area (Å²) in [6.45, 7) is 2.51. The second-order valence-electron chi connectivity index (χ2n) is 8.49. The Morgan fingerprint density at radius 1 is 1.21 bits per heavy atom. The highest BCUT2D eigenvalue weighted by atomic mass is 35.5. The predicted octanol–water partition coefficient (Wildman–Crippen LogP) is 1.54. The van der Waals surface area contributed by atoms with Gasteiger partial charge in [0.15, 0.2) is 0 Å². The molecule has 4 amide bonds. The van der Waals surface area contributed by atoms with Gasteiger partial charge in [-0.2, -0.15) is 4.48 Å². The van der Waals surface area contributed by atoms with Gasteiger partial charge in [0.05, 0.1) is 6.61 Å². The van der Waals surface area contributed by atoms with E-state index in [-0.39, 0.29) is 25.5 Å². The van der Waals surface area contributed by atoms with Crippen LogP contribution in [0.25, 0.3) is 0 Å². The maximum Gasteiger partial charge on any atom is 0.420 e. The van der Waals surface area contributed by atoms with Crippen molar-refractivity contribution in [3.8, 4) is 0 Å². The van der Waals surface area contributed by atoms with Crippen LogP contribution in [0.3, 0.4) is 0 Å². The fraction of sp³-hybridized carbons (Fsp3) is 0.348. The Kier molecular flexibility index (Phi) is 5.92. The number of carbonyl (C=O) groups excluding carboxylic acids is 3. The number of nitrogens with zero attached hydrogens (tertiary/aromatic N) is 2. The molecule has 5 N–H and O–H groups in total. The molecule has 2 aliphatic heterocycles. The first-order chi connectivity index (χ1) is 15.6. The number of benzene rings is 2. The Balaban J connectivity index is 1.92. The Morgan fingerprint density at radius 3 is 2.48 bits per heavy atom. The zero-order valence-corrected chi connectivity index (χ0v) is 18.9. The summed E-state index contributed by atoms with van der Waals surface area (Å²) in [6.07, 6.45) is -1.11. The number of urea groups is 1. The number of likely N-dealkylation sites (tertiary alicyclic amines) is 1. The second kappa shape index (κ2) is 8.42. The third-order valence-electron chi connectivity index (χ3n) is 6.67. The molecule has 2 aliphatic rings. The molecular weight excluding hydrogens is 448 g/mol. The molecule has 4 rings (SSSR count). The lowest BCUT2D eigenvalue weighted by atomic mass is 9.82. The summed E-state index contributed by atoms with van der Waals surface area (Å²) >= 11 is 6.04. The highest BCUT2D eigenvalue weighted by Crippen LogP contribution is 2.49. The molecule has 2 aromatic rings. The van der Waals surface area contributed by atoms with E-state index >= 15 is 0 Å². The summed E-state index contributed by atoms with van der Waals surface area (Å²) in [7, 11) is 0. The minimum absolute atomic E-state index is 0.00313. The van der Waals surface area contributed by atoms with Crippen LogP contribution in [0.1, 0.15) is 17.5 Å². The Hall–Kier alpha value is -2.98. The monoisotopic (exact) mass is 473 g/mol. The van der Waals surface area contributed by atoms with E-state index in [1.165, 1.54) is 0 Å². The third-order valence-corrected chi connectivity index (χ3v) is 6.92. The van der Waals surface area contributed by atoms with Gasteiger partial charge in [-0.1, -0.05) is 17.7 Å². The van der Waals surface area contributed by atoms with E-state index in [1.54, 1.807) is 47.4 Å². The van der Waals surface area contributed by atoms with Gasteiger partial charge in [0, 0.05) is 41.4 Å². The van der Waals surface area contributed by atoms with E-state index < -0.39 is 28.1 Å². The van der Waals surface area contributed by atoms with E-state index in [4.69, 9.17) is 27.8 Å². The van der Waals surface area contributed by atoms with Crippen LogP contribution in [0.15, 0.2) is 42.5 Å². The van der Waals surface area contributed by atoms with Crippen LogP contribution in [0.2, 0.25) is 5.02 Å². The van der Waals surface area contributed by atoms with Crippen LogP contribution in [0.5, 0.6) is 0 Å². The number of aliphatic hydroxyl groups is 1. The van der Waals surface area contributed by atoms with Gasteiger partial charge in [-0.25, -0.2) is 4.79 Å². The van der Waals surface area contributed by atoms with Crippen molar-refractivity contribution in [1.29, 1.82) is 0 Å². The SMILES string of the molecule is Cc1cc([C@@]2(C(N)=O)C[C@@H](O)C[N+]2(C(N)=O)c2ccc(Cl)cc2)ccc1N1CCOCC1=O. The first-order valence-corrected chi connectivity index (χ1v) is 10.9. The van der Waals surface area contributed by atoms with Gasteiger partial charge in [-0.3, -0.25) is 9.59 Å². The highest BCUT2D eigenvalue weighted by molar-refractivity contribution is 6.30. The molecule has 33 heavy (non-hydrogen) atoms. The number of anilines is 1. The summed E-state index contributed by atoms with van der Waals surface area (Å²) in [5, 5.41) is 11.2. The smallest absolute Gasteiger partial charge is 0.387 e. The van der Waals surface area contributed by atoms with E-state index in [2.05, 4.69) is 0 Å². The molecule has 2 fully saturated rings. The van der Waals surface area contributed by atoms with E-state index in [0.717, 1.165) is 0 Å². The molecule has 0 aliphatic carbocycles. The number of hydrogen-bond donors (Lipinski definition) is 3. The predicted molar refractivity (Wildman–Crippen MR) is 124 cm³/mol. The molecule has 9 nitrogen and oxygen atoms in total. The number of rotatable bonds is 4. The lowest BCUT2D eigenvalue weighted by molar-refractivity contribution is -0.127. The molecule has 0 bridgehead atoms. The third kappa shape index (κ3) is 3.48. The summed E-state index contributed by atoms with van der Waals surface area (Å²) in [5.41, 5.74) is 12.5. The number of morpholine rings is 1. The number of aryl methyl sites for hydroxylation is 1. The normalized spacial score (nSPS) is 27.5. The molecule has 0 spiro atoms. The average molecular weight is 474 g/mol. The second-order valence-corrected chi connectivity index (χ2v) is 8.93. The topological polar surface area (TPSA) is 136 Å². The van der Waals surface area contributed by atoms with Crippen molar-refractivity contribution >= 4 is 40.8 Å². The lowest BCUT2D eigenvalue weighted by Gasteiger charge is -2.43. The highest BCUT2D eigenvalue weighted by Gasteiger charge is 2.68. The van der Waals surface area contributed by atoms with Crippen molar-refractivity contribution in [2.45, 2.75) is 25.0 Å². The molecule has 1 unspecified atom stereocenters. The Bertz CT molecular complexity index is 1120. The summed E-state index contributed by atoms with van der Waals surface area (Å²) in [4.78, 5) is 40.2. The van der Waals surface area contributed by atoms with Crippen LogP contribution < -0.4 is 20.9 Å². The summed E-state index contributed by atoms with van der Waals surface area (Å²) in [5.74, 6) is -0.955. The Labute approximate surface area is 196 Å². The number of primary amides is 2. The summed E-state index contributed by atoms with van der Waals surface area (Å²) < 4.78 is 4.53. The lowest BCUT2D eigenvalue weighted by Crippen LogP contribution is -2.70. The molecule has 2 heterocycles. The standard InChI is InChI=1S/C23H25ClN4O5/c1-14-10-15(2-7-19(14)27-8-9-33-13-20(27)30)23(21(25)31)11-18(29)12-28(23,22(26)32)17-5-3-16(24)4-6-17/h2-7,10,18,29H,8-9,11-13H2,1H3,(H3-,25,26,31,32)/p+1/t18-,23-,28?/m1/s1. The number of hydrogen-bond acceptors (Lipinski definition) is 5. The number of aliphatic hydroxyl groups excluding tert-OH is 1. The molecule has 174 valence electrons. The minimum Gasteiger partial charge on any atom is -0.387 e. The van der Waals surface area contributed by atoms with Crippen LogP contribution in [0, 0.1) is 6.92 Å². The maximum absolute atomic E-state index is 13.2. The van der Waals surface area contributed by atoms with Crippen molar-refractivity contribution in [3.05, 3.63) is 58.6 Å². The molecule has 0 radical (unpaired) electrons. The van der Waals surface area contributed by atoms with Gasteiger partial charge < -0.3 is 26.2 Å². The number of amides is 4. The number of quaternary nitrogens is 1. The zero-order valence-electron chi connectivity index (χ0n) is 18.2. The molecule has 0 aromatic heterocycles. The van der Waals surface area contributed by atoms with Gasteiger partial charge >= 0.3 is 6.03 Å². The molecule has 0 saturated carbocycles. The molecule has 3 atom stereocenters. The van der Waals surface area contributed by atoms with Gasteiger partial charge in [0.1, 0.15) is 24.9 Å².